The molecular weight excluding hydrogens is 365 g/mol. The van der Waals surface area contributed by atoms with Crippen LogP contribution in [0.2, 0.25) is 0 Å². The highest BCUT2D eigenvalue weighted by molar-refractivity contribution is 6.08. The van der Waals surface area contributed by atoms with E-state index >= 15 is 0 Å². The minimum Gasteiger partial charge on any atom is -0.456 e. The van der Waals surface area contributed by atoms with Gasteiger partial charge in [-0.1, -0.05) is 18.0 Å². The summed E-state index contributed by atoms with van der Waals surface area (Å²) in [7, 11) is 0. The second-order valence-electron chi connectivity index (χ2n) is 7.48. The minimum atomic E-state index is -0.462. The molecule has 0 radical (unpaired) electrons. The van der Waals surface area contributed by atoms with Gasteiger partial charge in [0.15, 0.2) is 5.76 Å². The Bertz CT molecular complexity index is 1080. The molecule has 2 aliphatic heterocycles. The molecule has 3 unspecified atom stereocenters. The van der Waals surface area contributed by atoms with E-state index in [-0.39, 0.29) is 24.0 Å². The molecule has 0 spiro atoms. The van der Waals surface area contributed by atoms with Crippen LogP contribution in [0.25, 0.3) is 11.7 Å². The summed E-state index contributed by atoms with van der Waals surface area (Å²) in [6, 6.07) is 3.70. The number of fused-ring (bicyclic) bond motifs is 6. The normalized spacial score (nSPS) is 25.7. The molecule has 0 aromatic carbocycles. The third-order valence-electron chi connectivity index (χ3n) is 5.88. The summed E-state index contributed by atoms with van der Waals surface area (Å²) < 4.78 is 27.1. The lowest BCUT2D eigenvalue weighted by Crippen LogP contribution is -2.54. The summed E-state index contributed by atoms with van der Waals surface area (Å²) in [6.45, 7) is 1.85. The van der Waals surface area contributed by atoms with Crippen molar-refractivity contribution >= 4 is 11.7 Å². The number of amidine groups is 1. The molecule has 1 fully saturated rings. The van der Waals surface area contributed by atoms with Crippen molar-refractivity contribution in [2.45, 2.75) is 44.8 Å². The smallest absolute Gasteiger partial charge is 0.294 e. The number of anilines is 1. The Morgan fingerprint density at radius 1 is 1.25 bits per heavy atom. The molecule has 0 bridgehead atoms. The van der Waals surface area contributed by atoms with Crippen molar-refractivity contribution in [2.75, 3.05) is 4.90 Å². The van der Waals surface area contributed by atoms with Crippen molar-refractivity contribution in [3.8, 4) is 11.7 Å². The maximum absolute atomic E-state index is 14.5. The van der Waals surface area contributed by atoms with Gasteiger partial charge in [0.1, 0.15) is 17.7 Å². The van der Waals surface area contributed by atoms with E-state index in [1.54, 1.807) is 16.8 Å². The van der Waals surface area contributed by atoms with Gasteiger partial charge < -0.3 is 8.94 Å². The molecule has 3 aromatic rings. The lowest BCUT2D eigenvalue weighted by molar-refractivity contribution is 0.161. The van der Waals surface area contributed by atoms with Gasteiger partial charge in [-0.2, -0.15) is 14.5 Å². The van der Waals surface area contributed by atoms with Crippen LogP contribution >= 0.6 is 0 Å². The van der Waals surface area contributed by atoms with Crippen LogP contribution in [0, 0.1) is 18.9 Å². The Hall–Kier alpha value is -3.17. The summed E-state index contributed by atoms with van der Waals surface area (Å²) in [4.78, 5) is 10.3. The van der Waals surface area contributed by atoms with Crippen LogP contribution in [0.1, 0.15) is 43.3 Å². The highest BCUT2D eigenvalue weighted by Crippen LogP contribution is 2.46. The van der Waals surface area contributed by atoms with E-state index in [0.717, 1.165) is 31.4 Å². The Morgan fingerprint density at radius 2 is 2.14 bits per heavy atom. The van der Waals surface area contributed by atoms with Gasteiger partial charge in [-0.3, -0.25) is 14.9 Å². The van der Waals surface area contributed by atoms with Crippen LogP contribution in [0.3, 0.4) is 0 Å². The molecule has 0 saturated heterocycles. The van der Waals surface area contributed by atoms with Crippen molar-refractivity contribution in [3.63, 3.8) is 0 Å². The summed E-state index contributed by atoms with van der Waals surface area (Å²) in [6.07, 6.45) is 5.17. The van der Waals surface area contributed by atoms with E-state index in [0.29, 0.717) is 23.2 Å². The molecule has 3 aromatic heterocycles. The van der Waals surface area contributed by atoms with Gasteiger partial charge in [0, 0.05) is 12.0 Å². The number of nitrogens with zero attached hydrogens (tertiary/aromatic N) is 6. The molecule has 10 heteroatoms. The third-order valence-corrected chi connectivity index (χ3v) is 5.88. The number of hydrogen-bond acceptors (Lipinski definition) is 8. The lowest BCUT2D eigenvalue weighted by Gasteiger charge is -2.45. The highest BCUT2D eigenvalue weighted by Gasteiger charge is 2.48. The van der Waals surface area contributed by atoms with Gasteiger partial charge in [0.2, 0.25) is 11.7 Å². The van der Waals surface area contributed by atoms with Crippen LogP contribution < -0.4 is 10.3 Å². The number of aromatic nitrogens is 4. The molecule has 1 N–H and O–H groups in total. The van der Waals surface area contributed by atoms with Crippen LogP contribution in [0.15, 0.2) is 32.4 Å². The van der Waals surface area contributed by atoms with Gasteiger partial charge in [-0.25, -0.2) is 4.98 Å². The number of furan rings is 1. The number of hydrogen-bond donors (Lipinski definition) is 1. The average molecular weight is 383 g/mol. The number of aryl methyl sites for hydroxylation is 1. The number of rotatable bonds is 2. The molecule has 5 heterocycles. The summed E-state index contributed by atoms with van der Waals surface area (Å²) in [5.41, 5.74) is 3.21. The van der Waals surface area contributed by atoms with E-state index in [9.17, 15) is 4.39 Å². The van der Waals surface area contributed by atoms with Crippen LogP contribution in [-0.2, 0) is 0 Å². The van der Waals surface area contributed by atoms with Crippen LogP contribution in [0.4, 0.5) is 10.2 Å². The molecule has 28 heavy (non-hydrogen) atoms. The van der Waals surface area contributed by atoms with Gasteiger partial charge >= 0.3 is 0 Å². The monoisotopic (exact) mass is 383 g/mol. The van der Waals surface area contributed by atoms with E-state index in [1.165, 1.54) is 0 Å². The molecule has 0 amide bonds. The fraction of sp³-hybridized carbons (Fsp3) is 0.444. The fourth-order valence-electron chi connectivity index (χ4n) is 4.67. The molecule has 3 atom stereocenters. The Morgan fingerprint density at radius 3 is 3.00 bits per heavy atom. The van der Waals surface area contributed by atoms with E-state index in [2.05, 4.69) is 25.7 Å². The molecule has 144 valence electrons. The summed E-state index contributed by atoms with van der Waals surface area (Å²) in [5, 5.41) is 8.55. The number of halogens is 1. The van der Waals surface area contributed by atoms with Crippen molar-refractivity contribution in [1.82, 2.24) is 25.1 Å². The SMILES string of the molecule is Cc1ccc(-c2nc(C3=NNC4C5CCCCC5n5c(cnc5F)N34)no2)o1. The van der Waals surface area contributed by atoms with Gasteiger partial charge in [-0.05, 0) is 31.9 Å². The first-order valence-electron chi connectivity index (χ1n) is 9.47. The number of hydrazone groups is 1. The van der Waals surface area contributed by atoms with Crippen LogP contribution in [-0.4, -0.2) is 31.7 Å². The largest absolute Gasteiger partial charge is 0.456 e. The molecule has 3 aliphatic rings. The second kappa shape index (κ2) is 5.66. The maximum Gasteiger partial charge on any atom is 0.294 e. The standard InChI is InChI=1S/C18H18FN7O2/c1-9-6-7-12(27-9)17-21-14(24-28-17)16-23-22-15-10-4-2-3-5-11(10)25-13(26(15)16)8-20-18(25)19/h6-8,10-11,15,22H,2-5H2,1H3. The van der Waals surface area contributed by atoms with Crippen LogP contribution in [0.5, 0.6) is 0 Å². The number of imidazole rings is 1. The van der Waals surface area contributed by atoms with Crippen molar-refractivity contribution in [3.05, 3.63) is 36.0 Å². The summed E-state index contributed by atoms with van der Waals surface area (Å²) in [5.74, 6) is 3.24. The molecule has 9 nitrogen and oxygen atoms in total. The molecule has 6 rings (SSSR count). The first-order valence-corrected chi connectivity index (χ1v) is 9.47. The van der Waals surface area contributed by atoms with E-state index in [1.807, 2.05) is 17.9 Å². The lowest BCUT2D eigenvalue weighted by atomic mass is 9.80. The number of nitrogens with one attached hydrogen (secondary N) is 1. The first kappa shape index (κ1) is 15.8. The fourth-order valence-corrected chi connectivity index (χ4v) is 4.67. The van der Waals surface area contributed by atoms with Gasteiger partial charge in [-0.15, -0.1) is 0 Å². The zero-order chi connectivity index (χ0) is 18.8. The maximum atomic E-state index is 14.5. The third kappa shape index (κ3) is 2.11. The zero-order valence-electron chi connectivity index (χ0n) is 15.2. The second-order valence-corrected chi connectivity index (χ2v) is 7.48. The summed E-state index contributed by atoms with van der Waals surface area (Å²) >= 11 is 0. The quantitative estimate of drug-likeness (QED) is 0.727. The van der Waals surface area contributed by atoms with Gasteiger partial charge in [0.05, 0.1) is 6.20 Å². The highest BCUT2D eigenvalue weighted by atomic mass is 19.1. The van der Waals surface area contributed by atoms with E-state index < -0.39 is 6.08 Å². The Kier molecular flexibility index (Phi) is 3.21. The average Bonchev–Trinajstić information content (AvgIpc) is 3.47. The molecule has 1 aliphatic carbocycles. The van der Waals surface area contributed by atoms with Crippen molar-refractivity contribution < 1.29 is 13.3 Å². The Labute approximate surface area is 159 Å². The van der Waals surface area contributed by atoms with Crippen molar-refractivity contribution in [2.24, 2.45) is 11.0 Å². The molecular formula is C18H18FN7O2. The predicted molar refractivity (Wildman–Crippen MR) is 95.9 cm³/mol. The van der Waals surface area contributed by atoms with E-state index in [4.69, 9.17) is 8.94 Å². The van der Waals surface area contributed by atoms with Crippen molar-refractivity contribution in [1.29, 1.82) is 0 Å². The zero-order valence-corrected chi connectivity index (χ0v) is 15.2. The predicted octanol–water partition coefficient (Wildman–Crippen LogP) is 2.82. The first-order chi connectivity index (χ1) is 13.7. The topological polar surface area (TPSA) is 97.5 Å². The van der Waals surface area contributed by atoms with Gasteiger partial charge in [0.25, 0.3) is 12.0 Å². The minimum absolute atomic E-state index is 0.0725. The Balaban J connectivity index is 1.41. The molecule has 1 saturated carbocycles.